The first-order valence-corrected chi connectivity index (χ1v) is 8.17. The number of aliphatic hydroxyl groups is 1. The van der Waals surface area contributed by atoms with Crippen molar-refractivity contribution in [1.82, 2.24) is 9.80 Å². The number of aliphatic hydroxyl groups excluding tert-OH is 1. The van der Waals surface area contributed by atoms with Crippen molar-refractivity contribution < 1.29 is 14.3 Å². The Balaban J connectivity index is 1.82. The largest absolute Gasteiger partial charge is 0.395 e. The van der Waals surface area contributed by atoms with Gasteiger partial charge in [-0.3, -0.25) is 9.69 Å². The summed E-state index contributed by atoms with van der Waals surface area (Å²) in [6, 6.07) is 6.52. The quantitative estimate of drug-likeness (QED) is 0.836. The third-order valence-corrected chi connectivity index (χ3v) is 4.58. The third kappa shape index (κ3) is 4.98. The fraction of sp³-hybridized carbons (Fsp3) is 0.533. The van der Waals surface area contributed by atoms with Crippen LogP contribution in [0.2, 0.25) is 0 Å². The molecule has 1 aromatic carbocycles. The van der Waals surface area contributed by atoms with Gasteiger partial charge in [-0.2, -0.15) is 0 Å². The SMILES string of the molecule is O=C(CSc1ccccc1F)N1CCCN(CCO)CC1. The summed E-state index contributed by atoms with van der Waals surface area (Å²) in [4.78, 5) is 16.7. The highest BCUT2D eigenvalue weighted by atomic mass is 32.2. The second-order valence-corrected chi connectivity index (χ2v) is 6.04. The van der Waals surface area contributed by atoms with Crippen molar-refractivity contribution in [1.29, 1.82) is 0 Å². The first-order valence-electron chi connectivity index (χ1n) is 7.19. The first kappa shape index (κ1) is 16.3. The average Bonchev–Trinajstić information content (AvgIpc) is 2.72. The molecule has 4 nitrogen and oxygen atoms in total. The van der Waals surface area contributed by atoms with Gasteiger partial charge in [-0.25, -0.2) is 4.39 Å². The highest BCUT2D eigenvalue weighted by molar-refractivity contribution is 8.00. The smallest absolute Gasteiger partial charge is 0.232 e. The normalized spacial score (nSPS) is 16.8. The molecule has 1 saturated heterocycles. The molecule has 1 fully saturated rings. The number of β-amino-alcohol motifs (C(OH)–C–C–N with tert-alkyl or cyclic N) is 1. The van der Waals surface area contributed by atoms with Crippen LogP contribution in [0.15, 0.2) is 29.2 Å². The zero-order chi connectivity index (χ0) is 15.1. The molecular weight excluding hydrogens is 291 g/mol. The van der Waals surface area contributed by atoms with Gasteiger partial charge in [0.25, 0.3) is 0 Å². The summed E-state index contributed by atoms with van der Waals surface area (Å²) < 4.78 is 13.5. The molecule has 1 aliphatic heterocycles. The Bertz CT molecular complexity index is 473. The van der Waals surface area contributed by atoms with Crippen LogP contribution in [0.5, 0.6) is 0 Å². The zero-order valence-corrected chi connectivity index (χ0v) is 12.8. The Morgan fingerprint density at radius 2 is 2.05 bits per heavy atom. The summed E-state index contributed by atoms with van der Waals surface area (Å²) in [7, 11) is 0. The predicted molar refractivity (Wildman–Crippen MR) is 81.8 cm³/mol. The van der Waals surface area contributed by atoms with Crippen molar-refractivity contribution in [3.63, 3.8) is 0 Å². The summed E-state index contributed by atoms with van der Waals surface area (Å²) in [5.74, 6) is 0.0374. The number of benzene rings is 1. The molecule has 0 unspecified atom stereocenters. The molecule has 1 amide bonds. The number of halogens is 1. The van der Waals surface area contributed by atoms with Gasteiger partial charge in [-0.15, -0.1) is 11.8 Å². The van der Waals surface area contributed by atoms with E-state index in [1.807, 2.05) is 4.90 Å². The van der Waals surface area contributed by atoms with Gasteiger partial charge in [-0.1, -0.05) is 12.1 Å². The van der Waals surface area contributed by atoms with Crippen molar-refractivity contribution >= 4 is 17.7 Å². The number of carbonyl (C=O) groups is 1. The third-order valence-electron chi connectivity index (χ3n) is 3.55. The molecule has 1 N–H and O–H groups in total. The lowest BCUT2D eigenvalue weighted by molar-refractivity contribution is -0.128. The lowest BCUT2D eigenvalue weighted by Crippen LogP contribution is -2.36. The maximum absolute atomic E-state index is 13.5. The molecule has 1 heterocycles. The topological polar surface area (TPSA) is 43.8 Å². The Kier molecular flexibility index (Phi) is 6.48. The molecule has 0 bridgehead atoms. The second-order valence-electron chi connectivity index (χ2n) is 5.02. The summed E-state index contributed by atoms with van der Waals surface area (Å²) in [5, 5.41) is 8.96. The Labute approximate surface area is 128 Å². The van der Waals surface area contributed by atoms with Gasteiger partial charge in [0.1, 0.15) is 5.82 Å². The predicted octanol–water partition coefficient (Wildman–Crippen LogP) is 1.44. The first-order chi connectivity index (χ1) is 10.2. The van der Waals surface area contributed by atoms with E-state index in [9.17, 15) is 9.18 Å². The molecule has 1 aliphatic rings. The number of carbonyl (C=O) groups excluding carboxylic acids is 1. The highest BCUT2D eigenvalue weighted by Gasteiger charge is 2.19. The van der Waals surface area contributed by atoms with Crippen LogP contribution in [-0.2, 0) is 4.79 Å². The van der Waals surface area contributed by atoms with Crippen LogP contribution in [-0.4, -0.2) is 65.9 Å². The number of nitrogens with zero attached hydrogens (tertiary/aromatic N) is 2. The Morgan fingerprint density at radius 3 is 2.81 bits per heavy atom. The van der Waals surface area contributed by atoms with E-state index in [4.69, 9.17) is 5.11 Å². The fourth-order valence-electron chi connectivity index (χ4n) is 2.38. The lowest BCUT2D eigenvalue weighted by atomic mass is 10.3. The van der Waals surface area contributed by atoms with Crippen LogP contribution < -0.4 is 0 Å². The Hall–Kier alpha value is -1.11. The van der Waals surface area contributed by atoms with Gasteiger partial charge in [0, 0.05) is 31.1 Å². The van der Waals surface area contributed by atoms with Crippen molar-refractivity contribution in [3.8, 4) is 0 Å². The fourth-order valence-corrected chi connectivity index (χ4v) is 3.22. The molecule has 2 rings (SSSR count). The van der Waals surface area contributed by atoms with Gasteiger partial charge >= 0.3 is 0 Å². The second kappa shape index (κ2) is 8.36. The number of rotatable bonds is 5. The van der Waals surface area contributed by atoms with Crippen molar-refractivity contribution in [3.05, 3.63) is 30.1 Å². The average molecular weight is 312 g/mol. The zero-order valence-electron chi connectivity index (χ0n) is 12.0. The van der Waals surface area contributed by atoms with Crippen LogP contribution >= 0.6 is 11.8 Å². The summed E-state index contributed by atoms with van der Waals surface area (Å²) in [6.07, 6.45) is 0.913. The molecule has 0 aromatic heterocycles. The van der Waals surface area contributed by atoms with E-state index in [1.165, 1.54) is 17.8 Å². The monoisotopic (exact) mass is 312 g/mol. The van der Waals surface area contributed by atoms with Gasteiger partial charge < -0.3 is 10.0 Å². The van der Waals surface area contributed by atoms with E-state index in [0.717, 1.165) is 26.1 Å². The van der Waals surface area contributed by atoms with Crippen LogP contribution in [0.1, 0.15) is 6.42 Å². The number of hydrogen-bond donors (Lipinski definition) is 1. The maximum atomic E-state index is 13.5. The Morgan fingerprint density at radius 1 is 1.24 bits per heavy atom. The molecule has 116 valence electrons. The van der Waals surface area contributed by atoms with Gasteiger partial charge in [-0.05, 0) is 25.1 Å². The van der Waals surface area contributed by atoms with Crippen molar-refractivity contribution in [2.45, 2.75) is 11.3 Å². The number of amides is 1. The minimum atomic E-state index is -0.278. The van der Waals surface area contributed by atoms with E-state index >= 15 is 0 Å². The standard InChI is InChI=1S/C15H21FN2O2S/c16-13-4-1-2-5-14(13)21-12-15(20)18-7-3-6-17(8-9-18)10-11-19/h1-2,4-5,19H,3,6-12H2. The van der Waals surface area contributed by atoms with Gasteiger partial charge in [0.05, 0.1) is 12.4 Å². The van der Waals surface area contributed by atoms with E-state index < -0.39 is 0 Å². The number of hydrogen-bond acceptors (Lipinski definition) is 4. The molecule has 0 saturated carbocycles. The molecule has 0 aliphatic carbocycles. The molecule has 6 heteroatoms. The molecule has 21 heavy (non-hydrogen) atoms. The molecular formula is C15H21FN2O2S. The van der Waals surface area contributed by atoms with Gasteiger partial charge in [0.2, 0.25) is 5.91 Å². The minimum Gasteiger partial charge on any atom is -0.395 e. The highest BCUT2D eigenvalue weighted by Crippen LogP contribution is 2.21. The summed E-state index contributed by atoms with van der Waals surface area (Å²) in [5.41, 5.74) is 0. The molecule has 0 atom stereocenters. The van der Waals surface area contributed by atoms with E-state index in [2.05, 4.69) is 4.90 Å². The molecule has 0 spiro atoms. The number of thioether (sulfide) groups is 1. The van der Waals surface area contributed by atoms with Crippen molar-refractivity contribution in [2.24, 2.45) is 0 Å². The van der Waals surface area contributed by atoms with Crippen LogP contribution in [0.25, 0.3) is 0 Å². The van der Waals surface area contributed by atoms with E-state index in [-0.39, 0.29) is 24.1 Å². The lowest BCUT2D eigenvalue weighted by Gasteiger charge is -2.21. The van der Waals surface area contributed by atoms with E-state index in [0.29, 0.717) is 18.0 Å². The van der Waals surface area contributed by atoms with Crippen LogP contribution in [0, 0.1) is 5.82 Å². The summed E-state index contributed by atoms with van der Waals surface area (Å²) in [6.45, 7) is 3.92. The van der Waals surface area contributed by atoms with Crippen LogP contribution in [0.4, 0.5) is 4.39 Å². The minimum absolute atomic E-state index is 0.0501. The molecule has 0 radical (unpaired) electrons. The van der Waals surface area contributed by atoms with Gasteiger partial charge in [0.15, 0.2) is 0 Å². The summed E-state index contributed by atoms with van der Waals surface area (Å²) >= 11 is 1.25. The molecule has 1 aromatic rings. The maximum Gasteiger partial charge on any atom is 0.232 e. The van der Waals surface area contributed by atoms with Crippen LogP contribution in [0.3, 0.4) is 0 Å². The van der Waals surface area contributed by atoms with E-state index in [1.54, 1.807) is 18.2 Å². The van der Waals surface area contributed by atoms with Crippen molar-refractivity contribution in [2.75, 3.05) is 45.1 Å².